The zero-order valence-electron chi connectivity index (χ0n) is 38.0. The summed E-state index contributed by atoms with van der Waals surface area (Å²) < 4.78 is 146. The van der Waals surface area contributed by atoms with E-state index in [0.717, 1.165) is 6.07 Å². The number of carbonyl (C=O) groups excluding carboxylic acids is 3. The van der Waals surface area contributed by atoms with Crippen LogP contribution in [0.4, 0.5) is 11.4 Å². The molecule has 2 N–H and O–H groups in total. The second-order valence-electron chi connectivity index (χ2n) is 15.8. The van der Waals surface area contributed by atoms with Gasteiger partial charge in [-0.3, -0.25) is 18.7 Å². The van der Waals surface area contributed by atoms with E-state index in [1.165, 1.54) is 37.4 Å². The van der Waals surface area contributed by atoms with Gasteiger partial charge in [0.2, 0.25) is 5.69 Å². The maximum absolute atomic E-state index is 12.7. The van der Waals surface area contributed by atoms with Crippen LogP contribution in [0, 0.1) is 0 Å². The second kappa shape index (κ2) is 24.6. The minimum atomic E-state index is -4.97. The van der Waals surface area contributed by atoms with Crippen LogP contribution in [0.5, 0.6) is 0 Å². The summed E-state index contributed by atoms with van der Waals surface area (Å²) in [7, 11) is -17.2. The van der Waals surface area contributed by atoms with Crippen molar-refractivity contribution < 1.29 is 169 Å². The fraction of sp³-hybridized carbons (Fsp3) is 0.450. The Bertz CT molecular complexity index is 2780. The number of carbonyl (C=O) groups is 3. The van der Waals surface area contributed by atoms with E-state index in [-0.39, 0.29) is 165 Å². The standard InChI is InChI=1S/C40H49N3O17S4.3Na/c1-39(19-8-24-61(47,48)49)30-26-28(63(53,54)55)13-15-32(30)41(21-7-12-38(46)60-43-36(44)17-18-37(43)45)34(39)10-5-4-6-11-35-40(2,20-9-25-62(50,51)52)31-27-29(64(56,57)58)14-16-33(31)42(35)22-23-59-3;;;/h4-6,10-11,13-16,26-27H,7-9,12,17-25H2,1-3H3,(H3-,47,48,49,50,51,52,53,54,55,56,57,58);;;/q;3*+1/p-1. The quantitative estimate of drug-likeness (QED) is 0.0387. The smallest absolute Gasteiger partial charge is 0.748 e. The van der Waals surface area contributed by atoms with Crippen molar-refractivity contribution in [3.05, 3.63) is 83.6 Å². The van der Waals surface area contributed by atoms with Crippen molar-refractivity contribution in [2.75, 3.05) is 43.2 Å². The number of hydroxylamine groups is 2. The molecular formula is C40H48N3Na3O17S4+2. The Kier molecular flexibility index (Phi) is 22.6. The van der Waals surface area contributed by atoms with Crippen molar-refractivity contribution >= 4 is 75.3 Å². The van der Waals surface area contributed by atoms with E-state index in [9.17, 15) is 66.3 Å². The molecule has 0 aliphatic carbocycles. The molecule has 67 heavy (non-hydrogen) atoms. The molecule has 0 bridgehead atoms. The molecule has 5 rings (SSSR count). The first kappa shape index (κ1) is 61.5. The van der Waals surface area contributed by atoms with Gasteiger partial charge >= 0.3 is 94.6 Å². The Morgan fingerprint density at radius 3 is 1.99 bits per heavy atom. The molecule has 2 aromatic rings. The molecule has 1 saturated heterocycles. The number of amides is 2. The minimum Gasteiger partial charge on any atom is -0.748 e. The summed E-state index contributed by atoms with van der Waals surface area (Å²) in [5, 5.41) is 0.418. The summed E-state index contributed by atoms with van der Waals surface area (Å²) in [5.41, 5.74) is 0.469. The Labute approximate surface area is 457 Å². The molecule has 350 valence electrons. The van der Waals surface area contributed by atoms with Crippen LogP contribution in [0.3, 0.4) is 0 Å². The molecule has 20 nitrogen and oxygen atoms in total. The average molecular weight is 1040 g/mol. The average Bonchev–Trinajstić information content (AvgIpc) is 3.71. The predicted octanol–water partition coefficient (Wildman–Crippen LogP) is -5.99. The molecule has 2 aromatic carbocycles. The van der Waals surface area contributed by atoms with E-state index < -0.39 is 85.5 Å². The van der Waals surface area contributed by atoms with Crippen molar-refractivity contribution in [1.29, 1.82) is 0 Å². The second-order valence-corrected chi connectivity index (χ2v) is 21.7. The summed E-state index contributed by atoms with van der Waals surface area (Å²) in [6, 6.07) is 7.73. The van der Waals surface area contributed by atoms with E-state index in [2.05, 4.69) is 0 Å². The third-order valence-corrected chi connectivity index (χ3v) is 14.6. The molecule has 3 aliphatic rings. The SMILES string of the molecule is COCCN1C(=CC=CC=CC2=[N+](CCCC(=O)ON3C(=O)CCC3=O)c3ccc(S(=O)(=O)[O-])cc3C2(C)CCCS(=O)(=O)[O-])C(C)(CCCS(=O)(=O)O)c2cc(S(=O)(=O)O)ccc21.[Na+].[Na+].[Na+]. The zero-order chi connectivity index (χ0) is 47.5. The van der Waals surface area contributed by atoms with Gasteiger partial charge in [0.15, 0.2) is 5.71 Å². The number of methoxy groups -OCH3 is 1. The van der Waals surface area contributed by atoms with Crippen LogP contribution in [0.2, 0.25) is 0 Å². The summed E-state index contributed by atoms with van der Waals surface area (Å²) >= 11 is 0. The maximum Gasteiger partial charge on any atom is 1.00 e. The van der Waals surface area contributed by atoms with Crippen LogP contribution >= 0.6 is 0 Å². The molecule has 2 atom stereocenters. The van der Waals surface area contributed by atoms with Gasteiger partial charge in [0.25, 0.3) is 32.1 Å². The number of allylic oxidation sites excluding steroid dienone is 6. The first-order valence-electron chi connectivity index (χ1n) is 19.8. The van der Waals surface area contributed by atoms with E-state index >= 15 is 0 Å². The number of nitrogens with zero attached hydrogens (tertiary/aromatic N) is 3. The summed E-state index contributed by atoms with van der Waals surface area (Å²) in [6.45, 7) is 3.97. The number of rotatable bonds is 21. The summed E-state index contributed by atoms with van der Waals surface area (Å²) in [6.07, 6.45) is 7.66. The largest absolute Gasteiger partial charge is 1.00 e. The van der Waals surface area contributed by atoms with Crippen molar-refractivity contribution in [3.63, 3.8) is 0 Å². The Balaban J connectivity index is 0.00000514. The van der Waals surface area contributed by atoms with Gasteiger partial charge in [-0.15, -0.1) is 5.06 Å². The molecule has 2 amide bonds. The zero-order valence-corrected chi connectivity index (χ0v) is 47.3. The first-order chi connectivity index (χ1) is 29.7. The number of imide groups is 1. The van der Waals surface area contributed by atoms with E-state index in [4.69, 9.17) is 9.57 Å². The number of hydrogen-bond donors (Lipinski definition) is 2. The van der Waals surface area contributed by atoms with Crippen LogP contribution in [0.1, 0.15) is 76.3 Å². The van der Waals surface area contributed by atoms with Gasteiger partial charge in [0.05, 0.1) is 44.1 Å². The van der Waals surface area contributed by atoms with E-state index in [1.54, 1.807) is 48.8 Å². The third-order valence-electron chi connectivity index (χ3n) is 11.4. The van der Waals surface area contributed by atoms with Crippen LogP contribution in [0.25, 0.3) is 0 Å². The fourth-order valence-electron chi connectivity index (χ4n) is 8.32. The normalized spacial score (nSPS) is 20.3. The molecule has 3 heterocycles. The van der Waals surface area contributed by atoms with Gasteiger partial charge in [0.1, 0.15) is 16.7 Å². The van der Waals surface area contributed by atoms with Gasteiger partial charge in [-0.25, -0.2) is 21.6 Å². The molecule has 0 spiro atoms. The van der Waals surface area contributed by atoms with Crippen molar-refractivity contribution in [3.8, 4) is 0 Å². The molecule has 27 heteroatoms. The number of benzene rings is 2. The summed E-state index contributed by atoms with van der Waals surface area (Å²) in [5.74, 6) is -3.54. The Morgan fingerprint density at radius 1 is 0.806 bits per heavy atom. The van der Waals surface area contributed by atoms with Gasteiger partial charge in [-0.05, 0) is 81.5 Å². The van der Waals surface area contributed by atoms with Gasteiger partial charge in [0, 0.05) is 73.2 Å². The first-order valence-corrected chi connectivity index (χ1v) is 25.9. The molecule has 2 unspecified atom stereocenters. The summed E-state index contributed by atoms with van der Waals surface area (Å²) in [4.78, 5) is 42.6. The monoisotopic (exact) mass is 1040 g/mol. The predicted molar refractivity (Wildman–Crippen MR) is 227 cm³/mol. The Hall–Kier alpha value is -1.66. The third kappa shape index (κ3) is 15.4. The molecule has 1 fully saturated rings. The van der Waals surface area contributed by atoms with Crippen LogP contribution in [0.15, 0.2) is 82.3 Å². The van der Waals surface area contributed by atoms with E-state index in [1.807, 2.05) is 4.90 Å². The minimum absolute atomic E-state index is 0. The number of anilines is 1. The van der Waals surface area contributed by atoms with Crippen molar-refractivity contribution in [2.24, 2.45) is 0 Å². The topological polar surface area (TPSA) is 302 Å². The van der Waals surface area contributed by atoms with Gasteiger partial charge in [-0.2, -0.15) is 21.4 Å². The van der Waals surface area contributed by atoms with Crippen molar-refractivity contribution in [1.82, 2.24) is 5.06 Å². The fourth-order valence-corrected chi connectivity index (χ4v) is 10.3. The van der Waals surface area contributed by atoms with E-state index in [0.29, 0.717) is 39.0 Å². The van der Waals surface area contributed by atoms with Crippen LogP contribution < -0.4 is 93.6 Å². The van der Waals surface area contributed by atoms with Crippen molar-refractivity contribution in [2.45, 2.75) is 85.8 Å². The number of hydrogen-bond acceptors (Lipinski definition) is 16. The van der Waals surface area contributed by atoms with Gasteiger partial charge in [-0.1, -0.05) is 18.2 Å². The number of ether oxygens (including phenoxy) is 1. The molecule has 0 saturated carbocycles. The molecule has 3 aliphatic heterocycles. The Morgan fingerprint density at radius 2 is 1.40 bits per heavy atom. The van der Waals surface area contributed by atoms with Crippen LogP contribution in [-0.2, 0) is 75.3 Å². The molecule has 0 radical (unpaired) electrons. The van der Waals surface area contributed by atoms with Crippen LogP contribution in [-0.4, -0.2) is 123 Å². The van der Waals surface area contributed by atoms with Gasteiger partial charge < -0.3 is 23.6 Å². The maximum atomic E-state index is 12.7. The molecular weight excluding hydrogens is 992 g/mol. The number of fused-ring (bicyclic) bond motifs is 2. The molecule has 0 aromatic heterocycles.